The van der Waals surface area contributed by atoms with Crippen LogP contribution >= 0.6 is 11.8 Å². The second-order valence-corrected chi connectivity index (χ2v) is 8.38. The van der Waals surface area contributed by atoms with Crippen LogP contribution < -0.4 is 10.6 Å². The van der Waals surface area contributed by atoms with Crippen LogP contribution in [0.2, 0.25) is 0 Å². The summed E-state index contributed by atoms with van der Waals surface area (Å²) in [5.74, 6) is 1.14. The standard InChI is InChI=1S/C20H27N3O4S/c1-27-20(26)15-2-4-16(5-3-15)22-19(25)18(24)21-12-14-6-9-23(10-7-14)17-8-11-28-13-17/h2-5,14,17H,6-13H2,1H3,(H,21,24)(H,22,25)/t17-/m1/s1. The Bertz CT molecular complexity index is 696. The Morgan fingerprint density at radius 2 is 1.82 bits per heavy atom. The number of hydrogen-bond donors (Lipinski definition) is 2. The van der Waals surface area contributed by atoms with Crippen LogP contribution in [0, 0.1) is 5.92 Å². The third-order valence-electron chi connectivity index (χ3n) is 5.39. The van der Waals surface area contributed by atoms with Crippen LogP contribution in [-0.4, -0.2) is 67.0 Å². The van der Waals surface area contributed by atoms with Crippen molar-refractivity contribution in [3.63, 3.8) is 0 Å². The molecule has 2 amide bonds. The van der Waals surface area contributed by atoms with Crippen molar-refractivity contribution in [3.8, 4) is 0 Å². The lowest BCUT2D eigenvalue weighted by Gasteiger charge is -2.35. The second kappa shape index (κ2) is 9.93. The van der Waals surface area contributed by atoms with E-state index in [1.165, 1.54) is 37.2 Å². The summed E-state index contributed by atoms with van der Waals surface area (Å²) >= 11 is 2.03. The molecule has 2 aliphatic rings. The van der Waals surface area contributed by atoms with Crippen molar-refractivity contribution in [2.24, 2.45) is 5.92 Å². The molecule has 0 spiro atoms. The number of thioether (sulfide) groups is 1. The van der Waals surface area contributed by atoms with E-state index in [0.29, 0.717) is 23.7 Å². The average Bonchev–Trinajstić information content (AvgIpc) is 3.27. The highest BCUT2D eigenvalue weighted by Gasteiger charge is 2.27. The number of anilines is 1. The molecule has 2 heterocycles. The molecule has 152 valence electrons. The van der Waals surface area contributed by atoms with Crippen molar-refractivity contribution in [2.75, 3.05) is 43.6 Å². The van der Waals surface area contributed by atoms with Gasteiger partial charge in [-0.05, 0) is 68.3 Å². The van der Waals surface area contributed by atoms with Crippen LogP contribution in [0.3, 0.4) is 0 Å². The quantitative estimate of drug-likeness (QED) is 0.573. The van der Waals surface area contributed by atoms with E-state index in [0.717, 1.165) is 32.0 Å². The number of esters is 1. The number of carbonyl (C=O) groups is 3. The fourth-order valence-corrected chi connectivity index (χ4v) is 4.90. The third kappa shape index (κ3) is 5.48. The Kier molecular flexibility index (Phi) is 7.33. The number of likely N-dealkylation sites (tertiary alicyclic amines) is 1. The van der Waals surface area contributed by atoms with Gasteiger partial charge in [0.05, 0.1) is 12.7 Å². The summed E-state index contributed by atoms with van der Waals surface area (Å²) < 4.78 is 4.63. The Balaban J connectivity index is 1.38. The molecule has 0 saturated carbocycles. The fourth-order valence-electron chi connectivity index (χ4n) is 3.64. The van der Waals surface area contributed by atoms with E-state index in [4.69, 9.17) is 0 Å². The van der Waals surface area contributed by atoms with Gasteiger partial charge in [0.2, 0.25) is 0 Å². The number of nitrogens with zero attached hydrogens (tertiary/aromatic N) is 1. The summed E-state index contributed by atoms with van der Waals surface area (Å²) in [5, 5.41) is 5.29. The van der Waals surface area contributed by atoms with Gasteiger partial charge < -0.3 is 15.4 Å². The second-order valence-electron chi connectivity index (χ2n) is 7.23. The van der Waals surface area contributed by atoms with Crippen molar-refractivity contribution in [1.82, 2.24) is 10.2 Å². The predicted molar refractivity (Wildman–Crippen MR) is 109 cm³/mol. The van der Waals surface area contributed by atoms with Gasteiger partial charge in [-0.2, -0.15) is 11.8 Å². The average molecular weight is 406 g/mol. The Morgan fingerprint density at radius 3 is 2.43 bits per heavy atom. The van der Waals surface area contributed by atoms with Crippen LogP contribution in [0.5, 0.6) is 0 Å². The van der Waals surface area contributed by atoms with Gasteiger partial charge >= 0.3 is 17.8 Å². The van der Waals surface area contributed by atoms with E-state index in [9.17, 15) is 14.4 Å². The van der Waals surface area contributed by atoms with Gasteiger partial charge in [-0.3, -0.25) is 14.5 Å². The van der Waals surface area contributed by atoms with Crippen molar-refractivity contribution in [2.45, 2.75) is 25.3 Å². The molecular formula is C20H27N3O4S. The highest BCUT2D eigenvalue weighted by Crippen LogP contribution is 2.26. The monoisotopic (exact) mass is 405 g/mol. The molecule has 0 unspecified atom stereocenters. The van der Waals surface area contributed by atoms with E-state index in [2.05, 4.69) is 20.3 Å². The number of rotatable bonds is 5. The molecule has 2 saturated heterocycles. The summed E-state index contributed by atoms with van der Waals surface area (Å²) in [6.07, 6.45) is 3.39. The molecule has 2 N–H and O–H groups in total. The lowest BCUT2D eigenvalue weighted by atomic mass is 9.95. The molecule has 1 aromatic carbocycles. The normalized spacial score (nSPS) is 20.5. The van der Waals surface area contributed by atoms with Crippen LogP contribution in [-0.2, 0) is 14.3 Å². The molecule has 8 heteroatoms. The number of carbonyl (C=O) groups excluding carboxylic acids is 3. The zero-order valence-electron chi connectivity index (χ0n) is 16.1. The molecule has 1 aromatic rings. The molecule has 28 heavy (non-hydrogen) atoms. The first kappa shape index (κ1) is 20.7. The van der Waals surface area contributed by atoms with E-state index in [1.807, 2.05) is 11.8 Å². The summed E-state index contributed by atoms with van der Waals surface area (Å²) in [6, 6.07) is 6.92. The van der Waals surface area contributed by atoms with Crippen LogP contribution in [0.25, 0.3) is 0 Å². The summed E-state index contributed by atoms with van der Waals surface area (Å²) in [4.78, 5) is 38.1. The van der Waals surface area contributed by atoms with E-state index < -0.39 is 17.8 Å². The maximum Gasteiger partial charge on any atom is 0.337 e. The lowest BCUT2D eigenvalue weighted by Crippen LogP contribution is -2.45. The minimum absolute atomic E-state index is 0.382. The van der Waals surface area contributed by atoms with Crippen LogP contribution in [0.4, 0.5) is 5.69 Å². The number of ether oxygens (including phenoxy) is 1. The molecule has 0 aliphatic carbocycles. The molecule has 3 rings (SSSR count). The maximum atomic E-state index is 12.1. The number of nitrogens with one attached hydrogen (secondary N) is 2. The lowest BCUT2D eigenvalue weighted by molar-refractivity contribution is -0.136. The molecule has 2 aliphatic heterocycles. The van der Waals surface area contributed by atoms with Gasteiger partial charge in [0.15, 0.2) is 0 Å². The van der Waals surface area contributed by atoms with Gasteiger partial charge in [0.1, 0.15) is 0 Å². The van der Waals surface area contributed by atoms with Gasteiger partial charge in [0, 0.05) is 24.0 Å². The molecule has 0 bridgehead atoms. The highest BCUT2D eigenvalue weighted by molar-refractivity contribution is 7.99. The third-order valence-corrected chi connectivity index (χ3v) is 6.54. The van der Waals surface area contributed by atoms with Crippen molar-refractivity contribution in [1.29, 1.82) is 0 Å². The first-order valence-corrected chi connectivity index (χ1v) is 10.8. The summed E-state index contributed by atoms with van der Waals surface area (Å²) in [7, 11) is 1.31. The molecule has 1 atom stereocenters. The Hall–Kier alpha value is -2.06. The van der Waals surface area contributed by atoms with Crippen molar-refractivity contribution >= 4 is 35.2 Å². The topological polar surface area (TPSA) is 87.7 Å². The van der Waals surface area contributed by atoms with Gasteiger partial charge in [0.25, 0.3) is 0 Å². The number of benzene rings is 1. The number of methoxy groups -OCH3 is 1. The minimum atomic E-state index is -0.703. The zero-order chi connectivity index (χ0) is 19.9. The molecule has 7 nitrogen and oxygen atoms in total. The number of amides is 2. The van der Waals surface area contributed by atoms with E-state index in [1.54, 1.807) is 12.1 Å². The first-order valence-electron chi connectivity index (χ1n) is 9.66. The van der Waals surface area contributed by atoms with Crippen molar-refractivity contribution < 1.29 is 19.1 Å². The van der Waals surface area contributed by atoms with Gasteiger partial charge in [-0.15, -0.1) is 0 Å². The molecule has 0 radical (unpaired) electrons. The van der Waals surface area contributed by atoms with E-state index >= 15 is 0 Å². The maximum absolute atomic E-state index is 12.1. The minimum Gasteiger partial charge on any atom is -0.465 e. The SMILES string of the molecule is COC(=O)c1ccc(NC(=O)C(=O)NCC2CCN([C@@H]3CCSC3)CC2)cc1. The predicted octanol–water partition coefficient (Wildman–Crippen LogP) is 1.75. The zero-order valence-corrected chi connectivity index (χ0v) is 16.9. The Morgan fingerprint density at radius 1 is 1.11 bits per heavy atom. The van der Waals surface area contributed by atoms with Crippen molar-refractivity contribution in [3.05, 3.63) is 29.8 Å². The summed E-state index contributed by atoms with van der Waals surface area (Å²) in [6.45, 7) is 2.68. The van der Waals surface area contributed by atoms with E-state index in [-0.39, 0.29) is 0 Å². The largest absolute Gasteiger partial charge is 0.465 e. The molecular weight excluding hydrogens is 378 g/mol. The van der Waals surface area contributed by atoms with Crippen LogP contribution in [0.1, 0.15) is 29.6 Å². The molecule has 2 fully saturated rings. The van der Waals surface area contributed by atoms with Gasteiger partial charge in [-0.25, -0.2) is 4.79 Å². The fraction of sp³-hybridized carbons (Fsp3) is 0.550. The summed E-state index contributed by atoms with van der Waals surface area (Å²) in [5.41, 5.74) is 0.836. The van der Waals surface area contributed by atoms with Crippen LogP contribution in [0.15, 0.2) is 24.3 Å². The first-order chi connectivity index (χ1) is 13.6. The Labute approximate surface area is 169 Å². The van der Waals surface area contributed by atoms with Gasteiger partial charge in [-0.1, -0.05) is 0 Å². The molecule has 0 aromatic heterocycles. The highest BCUT2D eigenvalue weighted by atomic mass is 32.2. The number of piperidine rings is 1. The smallest absolute Gasteiger partial charge is 0.337 e. The number of hydrogen-bond acceptors (Lipinski definition) is 6.